The van der Waals surface area contributed by atoms with E-state index in [1.54, 1.807) is 12.1 Å². The van der Waals surface area contributed by atoms with Gasteiger partial charge in [-0.15, -0.1) is 0 Å². The number of hydrogen-bond acceptors (Lipinski definition) is 3. The Hall–Kier alpha value is -3.14. The molecule has 0 radical (unpaired) electrons. The summed E-state index contributed by atoms with van der Waals surface area (Å²) in [6.07, 6.45) is -4.74. The van der Waals surface area contributed by atoms with Crippen LogP contribution >= 0.6 is 11.6 Å². The van der Waals surface area contributed by atoms with Crippen LogP contribution in [0.15, 0.2) is 48.5 Å². The summed E-state index contributed by atoms with van der Waals surface area (Å²) in [4.78, 5) is 12.0. The summed E-state index contributed by atoms with van der Waals surface area (Å²) in [5, 5.41) is 5.92. The molecule has 0 atom stereocenters. The third kappa shape index (κ3) is 5.07. The number of nitrogens with zero attached hydrogens (tertiary/aromatic N) is 2. The van der Waals surface area contributed by atoms with E-state index < -0.39 is 36.0 Å². The van der Waals surface area contributed by atoms with Crippen molar-refractivity contribution in [2.45, 2.75) is 12.7 Å². The van der Waals surface area contributed by atoms with Crippen molar-refractivity contribution < 1.29 is 31.5 Å². The third-order valence-corrected chi connectivity index (χ3v) is 4.21. The van der Waals surface area contributed by atoms with Gasteiger partial charge in [0.15, 0.2) is 12.3 Å². The van der Waals surface area contributed by atoms with Crippen LogP contribution in [0.25, 0.3) is 5.69 Å². The van der Waals surface area contributed by atoms with E-state index in [9.17, 15) is 26.7 Å². The largest absolute Gasteiger partial charge is 0.467 e. The normalized spacial score (nSPS) is 11.4. The van der Waals surface area contributed by atoms with Gasteiger partial charge in [-0.2, -0.15) is 23.0 Å². The molecule has 0 spiro atoms. The van der Waals surface area contributed by atoms with Crippen LogP contribution in [0.4, 0.5) is 22.0 Å². The molecule has 1 amide bonds. The summed E-state index contributed by atoms with van der Waals surface area (Å²) in [6.45, 7) is -0.928. The van der Waals surface area contributed by atoms with E-state index in [2.05, 4.69) is 10.4 Å². The number of carbonyl (C=O) groups is 1. The zero-order chi connectivity index (χ0) is 21.9. The summed E-state index contributed by atoms with van der Waals surface area (Å²) in [5.41, 5.74) is -1.07. The Morgan fingerprint density at radius 1 is 1.13 bits per heavy atom. The Morgan fingerprint density at radius 2 is 1.87 bits per heavy atom. The first-order chi connectivity index (χ1) is 14.1. The van der Waals surface area contributed by atoms with Crippen LogP contribution in [0, 0.1) is 11.6 Å². The highest BCUT2D eigenvalue weighted by Crippen LogP contribution is 2.33. The molecule has 30 heavy (non-hydrogen) atoms. The Kier molecular flexibility index (Phi) is 6.25. The lowest BCUT2D eigenvalue weighted by Gasteiger charge is -2.11. The Morgan fingerprint density at radius 3 is 2.53 bits per heavy atom. The van der Waals surface area contributed by atoms with Crippen LogP contribution < -0.4 is 10.1 Å². The van der Waals surface area contributed by atoms with E-state index in [1.165, 1.54) is 12.1 Å². The highest BCUT2D eigenvalue weighted by atomic mass is 35.5. The summed E-state index contributed by atoms with van der Waals surface area (Å²) in [5.74, 6) is -2.71. The smallest absolute Gasteiger partial charge is 0.435 e. The Balaban J connectivity index is 1.73. The van der Waals surface area contributed by atoms with Crippen LogP contribution in [-0.4, -0.2) is 22.3 Å². The molecule has 3 rings (SSSR count). The zero-order valence-electron chi connectivity index (χ0n) is 15.0. The molecule has 5 nitrogen and oxygen atoms in total. The van der Waals surface area contributed by atoms with Gasteiger partial charge in [-0.05, 0) is 18.2 Å². The molecule has 158 valence electrons. The molecule has 0 saturated carbocycles. The number of benzene rings is 2. The second-order valence-corrected chi connectivity index (χ2v) is 6.44. The van der Waals surface area contributed by atoms with Crippen molar-refractivity contribution in [1.29, 1.82) is 0 Å². The average Bonchev–Trinajstić information content (AvgIpc) is 3.10. The topological polar surface area (TPSA) is 56.1 Å². The Labute approximate surface area is 172 Å². The predicted molar refractivity (Wildman–Crippen MR) is 97.3 cm³/mol. The van der Waals surface area contributed by atoms with Crippen LogP contribution in [0.1, 0.15) is 11.3 Å². The molecule has 0 unspecified atom stereocenters. The van der Waals surface area contributed by atoms with E-state index in [4.69, 9.17) is 16.3 Å². The van der Waals surface area contributed by atoms with Crippen molar-refractivity contribution in [3.63, 3.8) is 0 Å². The van der Waals surface area contributed by atoms with E-state index in [0.29, 0.717) is 12.1 Å². The maximum absolute atomic E-state index is 13.6. The maximum atomic E-state index is 13.6. The molecule has 11 heteroatoms. The summed E-state index contributed by atoms with van der Waals surface area (Å²) < 4.78 is 71.7. The van der Waals surface area contributed by atoms with Crippen molar-refractivity contribution in [2.75, 3.05) is 6.61 Å². The average molecular weight is 446 g/mol. The first-order valence-corrected chi connectivity index (χ1v) is 8.78. The standard InChI is InChI=1S/C19H13ClF5N3O2/c20-13-3-1-2-4-15(13)28-18(8-16(27-28)19(23,24)25)30-10-17(29)26-9-11-5-6-12(21)7-14(11)22/h1-8H,9-10H2,(H,26,29). The lowest BCUT2D eigenvalue weighted by atomic mass is 10.2. The van der Waals surface area contributed by atoms with Crippen LogP contribution in [0.2, 0.25) is 5.02 Å². The molecule has 2 aromatic carbocycles. The second-order valence-electron chi connectivity index (χ2n) is 6.03. The fourth-order valence-corrected chi connectivity index (χ4v) is 2.67. The number of ether oxygens (including phenoxy) is 1. The van der Waals surface area contributed by atoms with Gasteiger partial charge in [0.05, 0.1) is 10.7 Å². The molecular weight excluding hydrogens is 433 g/mol. The molecule has 0 bridgehead atoms. The molecule has 1 aromatic heterocycles. The first kappa shape index (κ1) is 21.6. The molecule has 0 aliphatic rings. The summed E-state index contributed by atoms with van der Waals surface area (Å²) in [6, 6.07) is 9.51. The highest BCUT2D eigenvalue weighted by molar-refractivity contribution is 6.32. The molecule has 0 aliphatic carbocycles. The summed E-state index contributed by atoms with van der Waals surface area (Å²) in [7, 11) is 0. The molecule has 0 aliphatic heterocycles. The van der Waals surface area contributed by atoms with E-state index in [0.717, 1.165) is 16.8 Å². The number of hydrogen-bond donors (Lipinski definition) is 1. The quantitative estimate of drug-likeness (QED) is 0.568. The van der Waals surface area contributed by atoms with Gasteiger partial charge in [0.1, 0.15) is 11.6 Å². The number of aromatic nitrogens is 2. The van der Waals surface area contributed by atoms with Crippen molar-refractivity contribution in [3.8, 4) is 11.6 Å². The van der Waals surface area contributed by atoms with Gasteiger partial charge in [0.2, 0.25) is 5.88 Å². The van der Waals surface area contributed by atoms with Gasteiger partial charge in [-0.3, -0.25) is 4.79 Å². The molecule has 1 N–H and O–H groups in total. The van der Waals surface area contributed by atoms with Gasteiger partial charge in [-0.1, -0.05) is 29.8 Å². The number of nitrogens with one attached hydrogen (secondary N) is 1. The SMILES string of the molecule is O=C(COc1cc(C(F)(F)F)nn1-c1ccccc1Cl)NCc1ccc(F)cc1F. The molecular formula is C19H13ClF5N3O2. The minimum Gasteiger partial charge on any atom is -0.467 e. The highest BCUT2D eigenvalue weighted by Gasteiger charge is 2.36. The fourth-order valence-electron chi connectivity index (χ4n) is 2.45. The number of alkyl halides is 3. The van der Waals surface area contributed by atoms with Crippen molar-refractivity contribution in [2.24, 2.45) is 0 Å². The van der Waals surface area contributed by atoms with E-state index in [1.807, 2.05) is 0 Å². The number of para-hydroxylation sites is 1. The van der Waals surface area contributed by atoms with Gasteiger partial charge < -0.3 is 10.1 Å². The van der Waals surface area contributed by atoms with E-state index >= 15 is 0 Å². The van der Waals surface area contributed by atoms with Crippen molar-refractivity contribution >= 4 is 17.5 Å². The van der Waals surface area contributed by atoms with Crippen LogP contribution in [0.5, 0.6) is 5.88 Å². The van der Waals surface area contributed by atoms with Gasteiger partial charge >= 0.3 is 6.18 Å². The third-order valence-electron chi connectivity index (χ3n) is 3.89. The fraction of sp³-hybridized carbons (Fsp3) is 0.158. The Bertz CT molecular complexity index is 1070. The van der Waals surface area contributed by atoms with Gasteiger partial charge in [-0.25, -0.2) is 8.78 Å². The van der Waals surface area contributed by atoms with Crippen LogP contribution in [0.3, 0.4) is 0 Å². The van der Waals surface area contributed by atoms with Crippen molar-refractivity contribution in [1.82, 2.24) is 15.1 Å². The lowest BCUT2D eigenvalue weighted by molar-refractivity contribution is -0.141. The summed E-state index contributed by atoms with van der Waals surface area (Å²) >= 11 is 6.02. The molecule has 1 heterocycles. The molecule has 3 aromatic rings. The monoisotopic (exact) mass is 445 g/mol. The predicted octanol–water partition coefficient (Wildman–Crippen LogP) is 4.52. The van der Waals surface area contributed by atoms with Gasteiger partial charge in [0, 0.05) is 24.2 Å². The number of amides is 1. The van der Waals surface area contributed by atoms with Crippen molar-refractivity contribution in [3.05, 3.63) is 76.4 Å². The van der Waals surface area contributed by atoms with E-state index in [-0.39, 0.29) is 28.7 Å². The number of halogens is 6. The maximum Gasteiger partial charge on any atom is 0.435 e. The minimum atomic E-state index is -4.74. The number of carbonyl (C=O) groups excluding carboxylic acids is 1. The second kappa shape index (κ2) is 8.70. The lowest BCUT2D eigenvalue weighted by Crippen LogP contribution is -2.29. The first-order valence-electron chi connectivity index (χ1n) is 8.41. The van der Waals surface area contributed by atoms with Crippen LogP contribution in [-0.2, 0) is 17.5 Å². The number of rotatable bonds is 6. The molecule has 0 fully saturated rings. The zero-order valence-corrected chi connectivity index (χ0v) is 15.8. The minimum absolute atomic E-state index is 0.0326. The molecule has 0 saturated heterocycles. The van der Waals surface area contributed by atoms with Gasteiger partial charge in [0.25, 0.3) is 5.91 Å².